The van der Waals surface area contributed by atoms with E-state index in [9.17, 15) is 4.79 Å². The van der Waals surface area contributed by atoms with Crippen LogP contribution < -0.4 is 5.32 Å². The quantitative estimate of drug-likeness (QED) is 0.799. The van der Waals surface area contributed by atoms with Gasteiger partial charge in [0.05, 0.1) is 0 Å². The monoisotopic (exact) mass is 240 g/mol. The van der Waals surface area contributed by atoms with Gasteiger partial charge in [-0.3, -0.25) is 4.79 Å². The van der Waals surface area contributed by atoms with Gasteiger partial charge in [-0.25, -0.2) is 0 Å². The van der Waals surface area contributed by atoms with Crippen molar-refractivity contribution < 1.29 is 4.79 Å². The number of carbonyl (C=O) groups is 1. The molecule has 1 amide bonds. The summed E-state index contributed by atoms with van der Waals surface area (Å²) in [6, 6.07) is 0.619. The summed E-state index contributed by atoms with van der Waals surface area (Å²) in [5.41, 5.74) is 0. The van der Waals surface area contributed by atoms with Gasteiger partial charge in [0.25, 0.3) is 0 Å². The van der Waals surface area contributed by atoms with Crippen LogP contribution in [0, 0.1) is 11.8 Å². The van der Waals surface area contributed by atoms with Gasteiger partial charge in [0.1, 0.15) is 0 Å². The van der Waals surface area contributed by atoms with E-state index in [1.807, 2.05) is 0 Å². The van der Waals surface area contributed by atoms with E-state index in [0.717, 1.165) is 32.5 Å². The van der Waals surface area contributed by atoms with Crippen LogP contribution in [0.5, 0.6) is 0 Å². The first kappa shape index (κ1) is 14.5. The summed E-state index contributed by atoms with van der Waals surface area (Å²) in [6.45, 7) is 11.4. The Labute approximate surface area is 106 Å². The lowest BCUT2D eigenvalue weighted by atomic mass is 9.95. The average Bonchev–Trinajstić information content (AvgIpc) is 2.35. The van der Waals surface area contributed by atoms with Crippen molar-refractivity contribution in [3.63, 3.8) is 0 Å². The maximum absolute atomic E-state index is 12.2. The lowest BCUT2D eigenvalue weighted by Crippen LogP contribution is -2.47. The first-order valence-electron chi connectivity index (χ1n) is 7.08. The molecular formula is C14H28N2O. The Kier molecular flexibility index (Phi) is 5.96. The fourth-order valence-electron chi connectivity index (χ4n) is 2.23. The molecule has 1 aliphatic rings. The third-order valence-corrected chi connectivity index (χ3v) is 3.88. The molecule has 1 atom stereocenters. The zero-order valence-corrected chi connectivity index (χ0v) is 11.8. The Balaban J connectivity index is 2.33. The average molecular weight is 240 g/mol. The van der Waals surface area contributed by atoms with Gasteiger partial charge in [-0.1, -0.05) is 27.7 Å². The number of nitrogens with zero attached hydrogens (tertiary/aromatic N) is 1. The molecule has 0 saturated carbocycles. The fraction of sp³-hybridized carbons (Fsp3) is 0.929. The summed E-state index contributed by atoms with van der Waals surface area (Å²) in [7, 11) is 0. The van der Waals surface area contributed by atoms with Crippen LogP contribution in [-0.2, 0) is 4.79 Å². The largest absolute Gasteiger partial charge is 0.342 e. The first-order chi connectivity index (χ1) is 8.06. The molecule has 0 aromatic carbocycles. The smallest absolute Gasteiger partial charge is 0.225 e. The lowest BCUT2D eigenvalue weighted by molar-refractivity contribution is -0.137. The Morgan fingerprint density at radius 1 is 1.29 bits per heavy atom. The standard InChI is InChI=1S/C14H28N2O/c1-5-8-15-13-6-9-16(10-7-13)14(17)12(4)11(2)3/h11-13,15H,5-10H2,1-4H3. The van der Waals surface area contributed by atoms with Crippen molar-refractivity contribution in [3.05, 3.63) is 0 Å². The number of nitrogens with one attached hydrogen (secondary N) is 1. The van der Waals surface area contributed by atoms with E-state index < -0.39 is 0 Å². The highest BCUT2D eigenvalue weighted by molar-refractivity contribution is 5.78. The van der Waals surface area contributed by atoms with Crippen molar-refractivity contribution in [2.24, 2.45) is 11.8 Å². The molecule has 0 aliphatic carbocycles. The zero-order valence-electron chi connectivity index (χ0n) is 11.8. The first-order valence-corrected chi connectivity index (χ1v) is 7.08. The van der Waals surface area contributed by atoms with E-state index in [-0.39, 0.29) is 5.92 Å². The molecule has 0 aromatic rings. The van der Waals surface area contributed by atoms with E-state index >= 15 is 0 Å². The second kappa shape index (κ2) is 7.00. The number of likely N-dealkylation sites (tertiary alicyclic amines) is 1. The van der Waals surface area contributed by atoms with E-state index in [1.165, 1.54) is 6.42 Å². The minimum absolute atomic E-state index is 0.162. The van der Waals surface area contributed by atoms with Crippen LogP contribution in [0.4, 0.5) is 0 Å². The summed E-state index contributed by atoms with van der Waals surface area (Å²) < 4.78 is 0. The summed E-state index contributed by atoms with van der Waals surface area (Å²) >= 11 is 0. The van der Waals surface area contributed by atoms with E-state index in [0.29, 0.717) is 17.9 Å². The maximum Gasteiger partial charge on any atom is 0.225 e. The molecule has 1 N–H and O–H groups in total. The third-order valence-electron chi connectivity index (χ3n) is 3.88. The van der Waals surface area contributed by atoms with Gasteiger partial charge in [0, 0.05) is 25.0 Å². The molecule has 1 unspecified atom stereocenters. The van der Waals surface area contributed by atoms with Crippen LogP contribution in [-0.4, -0.2) is 36.5 Å². The number of rotatable bonds is 5. The Morgan fingerprint density at radius 3 is 2.35 bits per heavy atom. The van der Waals surface area contributed by atoms with Gasteiger partial charge >= 0.3 is 0 Å². The molecule has 0 aromatic heterocycles. The van der Waals surface area contributed by atoms with Crippen LogP contribution in [0.2, 0.25) is 0 Å². The van der Waals surface area contributed by atoms with Crippen molar-refractivity contribution in [1.82, 2.24) is 10.2 Å². The highest BCUT2D eigenvalue weighted by Crippen LogP contribution is 2.17. The van der Waals surface area contributed by atoms with Crippen molar-refractivity contribution >= 4 is 5.91 Å². The normalized spacial score (nSPS) is 19.7. The van der Waals surface area contributed by atoms with Gasteiger partial charge in [-0.15, -0.1) is 0 Å². The second-order valence-corrected chi connectivity index (χ2v) is 5.59. The zero-order chi connectivity index (χ0) is 12.8. The summed E-state index contributed by atoms with van der Waals surface area (Å²) in [4.78, 5) is 14.2. The Hall–Kier alpha value is -0.570. The van der Waals surface area contributed by atoms with Crippen LogP contribution in [0.15, 0.2) is 0 Å². The molecule has 0 spiro atoms. The maximum atomic E-state index is 12.2. The number of amides is 1. The molecule has 1 saturated heterocycles. The predicted octanol–water partition coefficient (Wildman–Crippen LogP) is 2.27. The third kappa shape index (κ3) is 4.30. The van der Waals surface area contributed by atoms with Crippen molar-refractivity contribution in [2.45, 2.75) is 53.0 Å². The van der Waals surface area contributed by atoms with Gasteiger partial charge in [-0.05, 0) is 31.7 Å². The highest BCUT2D eigenvalue weighted by atomic mass is 16.2. The molecule has 1 aliphatic heterocycles. The van der Waals surface area contributed by atoms with E-state index in [2.05, 4.69) is 37.9 Å². The molecule has 100 valence electrons. The number of piperidine rings is 1. The SMILES string of the molecule is CCCNC1CCN(C(=O)C(C)C(C)C)CC1. The minimum Gasteiger partial charge on any atom is -0.342 e. The minimum atomic E-state index is 0.162. The topological polar surface area (TPSA) is 32.3 Å². The summed E-state index contributed by atoms with van der Waals surface area (Å²) in [6.07, 6.45) is 3.40. The van der Waals surface area contributed by atoms with Crippen molar-refractivity contribution in [3.8, 4) is 0 Å². The molecule has 17 heavy (non-hydrogen) atoms. The van der Waals surface area contributed by atoms with Gasteiger partial charge in [0.2, 0.25) is 5.91 Å². The van der Waals surface area contributed by atoms with Crippen LogP contribution in [0.1, 0.15) is 47.0 Å². The molecular weight excluding hydrogens is 212 g/mol. The van der Waals surface area contributed by atoms with E-state index in [4.69, 9.17) is 0 Å². The number of carbonyl (C=O) groups excluding carboxylic acids is 1. The molecule has 1 rings (SSSR count). The van der Waals surface area contributed by atoms with Crippen LogP contribution in [0.25, 0.3) is 0 Å². The summed E-state index contributed by atoms with van der Waals surface area (Å²) in [5, 5.41) is 3.54. The predicted molar refractivity (Wildman–Crippen MR) is 71.9 cm³/mol. The number of hydrogen-bond donors (Lipinski definition) is 1. The molecule has 3 nitrogen and oxygen atoms in total. The Morgan fingerprint density at radius 2 is 1.88 bits per heavy atom. The lowest BCUT2D eigenvalue weighted by Gasteiger charge is -2.34. The van der Waals surface area contributed by atoms with E-state index in [1.54, 1.807) is 0 Å². The van der Waals surface area contributed by atoms with Gasteiger partial charge < -0.3 is 10.2 Å². The fourth-order valence-corrected chi connectivity index (χ4v) is 2.23. The van der Waals surface area contributed by atoms with Gasteiger partial charge in [0.15, 0.2) is 0 Å². The van der Waals surface area contributed by atoms with Gasteiger partial charge in [-0.2, -0.15) is 0 Å². The molecule has 0 bridgehead atoms. The molecule has 1 fully saturated rings. The molecule has 0 radical (unpaired) electrons. The van der Waals surface area contributed by atoms with Crippen molar-refractivity contribution in [1.29, 1.82) is 0 Å². The van der Waals surface area contributed by atoms with Crippen molar-refractivity contribution in [2.75, 3.05) is 19.6 Å². The Bertz CT molecular complexity index is 232. The molecule has 3 heteroatoms. The van der Waals surface area contributed by atoms with Crippen LogP contribution in [0.3, 0.4) is 0 Å². The number of hydrogen-bond acceptors (Lipinski definition) is 2. The highest BCUT2D eigenvalue weighted by Gasteiger charge is 2.26. The van der Waals surface area contributed by atoms with Crippen LogP contribution >= 0.6 is 0 Å². The molecule has 1 heterocycles. The second-order valence-electron chi connectivity index (χ2n) is 5.59. The summed E-state index contributed by atoms with van der Waals surface area (Å²) in [5.74, 6) is 0.947.